The fourth-order valence-corrected chi connectivity index (χ4v) is 2.03. The number of phenolic OH excluding ortho intramolecular Hbond substituents is 2. The van der Waals surface area contributed by atoms with Crippen molar-refractivity contribution in [3.63, 3.8) is 0 Å². The zero-order chi connectivity index (χ0) is 16.2. The van der Waals surface area contributed by atoms with Gasteiger partial charge in [0.15, 0.2) is 5.70 Å². The first-order chi connectivity index (χ1) is 11.1. The summed E-state index contributed by atoms with van der Waals surface area (Å²) in [4.78, 5) is 15.9. The molecule has 2 N–H and O–H groups in total. The number of ether oxygens (including phenoxy) is 1. The van der Waals surface area contributed by atoms with Crippen molar-refractivity contribution >= 4 is 24.0 Å². The third-order valence-corrected chi connectivity index (χ3v) is 3.16. The molecule has 0 radical (unpaired) electrons. The van der Waals surface area contributed by atoms with Crippen LogP contribution in [0.2, 0.25) is 0 Å². The molecule has 0 spiro atoms. The van der Waals surface area contributed by atoms with Gasteiger partial charge in [-0.1, -0.05) is 30.3 Å². The van der Waals surface area contributed by atoms with Crippen molar-refractivity contribution in [1.29, 1.82) is 0 Å². The molecule has 23 heavy (non-hydrogen) atoms. The number of rotatable bonds is 3. The van der Waals surface area contributed by atoms with Crippen molar-refractivity contribution in [3.8, 4) is 11.5 Å². The van der Waals surface area contributed by atoms with Gasteiger partial charge in [0, 0.05) is 17.7 Å². The number of nitrogens with zero attached hydrogens (tertiary/aromatic N) is 1. The van der Waals surface area contributed by atoms with Crippen LogP contribution in [0.4, 0.5) is 0 Å². The second-order valence-electron chi connectivity index (χ2n) is 4.86. The fourth-order valence-electron chi connectivity index (χ4n) is 2.03. The highest BCUT2D eigenvalue weighted by Crippen LogP contribution is 2.26. The van der Waals surface area contributed by atoms with E-state index in [1.54, 1.807) is 12.2 Å². The number of aromatic hydroxyl groups is 2. The van der Waals surface area contributed by atoms with Crippen molar-refractivity contribution < 1.29 is 19.7 Å². The molecular weight excluding hydrogens is 294 g/mol. The van der Waals surface area contributed by atoms with Crippen LogP contribution in [0.25, 0.3) is 12.2 Å². The van der Waals surface area contributed by atoms with Gasteiger partial charge in [-0.2, -0.15) is 0 Å². The molecule has 0 bridgehead atoms. The number of benzene rings is 2. The monoisotopic (exact) mass is 307 g/mol. The van der Waals surface area contributed by atoms with Crippen LogP contribution in [0.1, 0.15) is 11.1 Å². The SMILES string of the molecule is O=C1OC(/C=C/c2ccccc2)=NC/1=C/c1ccc(O)cc1O. The van der Waals surface area contributed by atoms with Gasteiger partial charge in [0.25, 0.3) is 0 Å². The molecule has 1 aliphatic heterocycles. The summed E-state index contributed by atoms with van der Waals surface area (Å²) in [5.74, 6) is -0.615. The summed E-state index contributed by atoms with van der Waals surface area (Å²) < 4.78 is 5.06. The number of phenols is 2. The van der Waals surface area contributed by atoms with Crippen LogP contribution in [-0.2, 0) is 9.53 Å². The minimum absolute atomic E-state index is 0.0615. The Hall–Kier alpha value is -3.34. The summed E-state index contributed by atoms with van der Waals surface area (Å²) in [6, 6.07) is 13.6. The normalized spacial score (nSPS) is 15.9. The van der Waals surface area contributed by atoms with Gasteiger partial charge in [0.2, 0.25) is 5.90 Å². The van der Waals surface area contributed by atoms with Crippen LogP contribution < -0.4 is 0 Å². The quantitative estimate of drug-likeness (QED) is 0.674. The standard InChI is InChI=1S/C18H13NO4/c20-14-8-7-13(16(21)11-14)10-15-18(22)23-17(19-15)9-6-12-4-2-1-3-5-12/h1-11,20-21H/b9-6+,15-10+. The van der Waals surface area contributed by atoms with Crippen LogP contribution in [0.3, 0.4) is 0 Å². The fraction of sp³-hybridized carbons (Fsp3) is 0. The molecule has 0 saturated heterocycles. The lowest BCUT2D eigenvalue weighted by atomic mass is 10.1. The third kappa shape index (κ3) is 3.47. The van der Waals surface area contributed by atoms with Gasteiger partial charge in [-0.3, -0.25) is 0 Å². The summed E-state index contributed by atoms with van der Waals surface area (Å²) in [5.41, 5.74) is 1.41. The zero-order valence-electron chi connectivity index (χ0n) is 12.0. The second kappa shape index (κ2) is 6.19. The molecule has 0 fully saturated rings. The highest BCUT2D eigenvalue weighted by molar-refractivity contribution is 6.11. The molecule has 2 aromatic rings. The minimum Gasteiger partial charge on any atom is -0.508 e. The summed E-state index contributed by atoms with van der Waals surface area (Å²) in [6.07, 6.45) is 4.79. The van der Waals surface area contributed by atoms with Crippen molar-refractivity contribution in [2.24, 2.45) is 4.99 Å². The molecule has 0 amide bonds. The van der Waals surface area contributed by atoms with Crippen LogP contribution >= 0.6 is 0 Å². The maximum absolute atomic E-state index is 11.8. The Labute approximate surface area is 132 Å². The molecule has 0 aliphatic carbocycles. The number of carbonyl (C=O) groups is 1. The number of aliphatic imine (C=N–C) groups is 1. The molecule has 3 rings (SSSR count). The van der Waals surface area contributed by atoms with Crippen molar-refractivity contribution in [1.82, 2.24) is 0 Å². The second-order valence-corrected chi connectivity index (χ2v) is 4.86. The molecule has 0 unspecified atom stereocenters. The predicted molar refractivity (Wildman–Crippen MR) is 86.8 cm³/mol. The first-order valence-corrected chi connectivity index (χ1v) is 6.89. The summed E-state index contributed by atoms with van der Waals surface area (Å²) >= 11 is 0. The van der Waals surface area contributed by atoms with Gasteiger partial charge in [0.1, 0.15) is 11.5 Å². The van der Waals surface area contributed by atoms with Crippen molar-refractivity contribution in [2.45, 2.75) is 0 Å². The van der Waals surface area contributed by atoms with Gasteiger partial charge in [-0.05, 0) is 29.8 Å². The summed E-state index contributed by atoms with van der Waals surface area (Å²) in [7, 11) is 0. The molecule has 114 valence electrons. The maximum Gasteiger partial charge on any atom is 0.363 e. The number of hydrogen-bond donors (Lipinski definition) is 2. The number of cyclic esters (lactones) is 1. The summed E-state index contributed by atoms with van der Waals surface area (Å²) in [6.45, 7) is 0. The Morgan fingerprint density at radius 1 is 1.00 bits per heavy atom. The molecule has 0 aromatic heterocycles. The lowest BCUT2D eigenvalue weighted by molar-refractivity contribution is -0.129. The Kier molecular flexibility index (Phi) is 3.93. The van der Waals surface area contributed by atoms with Crippen LogP contribution in [0.15, 0.2) is 65.3 Å². The Morgan fingerprint density at radius 2 is 1.78 bits per heavy atom. The van der Waals surface area contributed by atoms with Crippen LogP contribution in [0, 0.1) is 0 Å². The third-order valence-electron chi connectivity index (χ3n) is 3.16. The summed E-state index contributed by atoms with van der Waals surface area (Å²) in [5, 5.41) is 19.0. The van der Waals surface area contributed by atoms with E-state index in [9.17, 15) is 15.0 Å². The van der Waals surface area contributed by atoms with Gasteiger partial charge < -0.3 is 14.9 Å². The largest absolute Gasteiger partial charge is 0.508 e. The molecule has 2 aromatic carbocycles. The molecular formula is C18H13NO4. The molecule has 0 saturated carbocycles. The van der Waals surface area contributed by atoms with Crippen LogP contribution in [-0.4, -0.2) is 22.1 Å². The molecule has 5 nitrogen and oxygen atoms in total. The lowest BCUT2D eigenvalue weighted by Crippen LogP contribution is -2.01. The maximum atomic E-state index is 11.8. The van der Waals surface area contributed by atoms with Crippen molar-refractivity contribution in [3.05, 3.63) is 71.4 Å². The molecule has 0 atom stereocenters. The highest BCUT2D eigenvalue weighted by Gasteiger charge is 2.21. The zero-order valence-corrected chi connectivity index (χ0v) is 12.0. The smallest absolute Gasteiger partial charge is 0.363 e. The van der Waals surface area contributed by atoms with Gasteiger partial charge >= 0.3 is 5.97 Å². The molecule has 5 heteroatoms. The Balaban J connectivity index is 1.83. The first kappa shape index (κ1) is 14.6. The number of carbonyl (C=O) groups excluding carboxylic acids is 1. The van der Waals surface area contributed by atoms with E-state index in [-0.39, 0.29) is 23.1 Å². The van der Waals surface area contributed by atoms with Crippen LogP contribution in [0.5, 0.6) is 11.5 Å². The van der Waals surface area contributed by atoms with E-state index in [1.807, 2.05) is 30.3 Å². The topological polar surface area (TPSA) is 79.1 Å². The van der Waals surface area contributed by atoms with E-state index in [4.69, 9.17) is 4.74 Å². The highest BCUT2D eigenvalue weighted by atomic mass is 16.6. The lowest BCUT2D eigenvalue weighted by Gasteiger charge is -1.99. The van der Waals surface area contributed by atoms with E-state index < -0.39 is 5.97 Å². The van der Waals surface area contributed by atoms with Crippen molar-refractivity contribution in [2.75, 3.05) is 0 Å². The minimum atomic E-state index is -0.592. The number of hydrogen-bond acceptors (Lipinski definition) is 5. The average Bonchev–Trinajstić information content (AvgIpc) is 2.89. The van der Waals surface area contributed by atoms with Gasteiger partial charge in [0.05, 0.1) is 0 Å². The first-order valence-electron chi connectivity index (χ1n) is 6.89. The van der Waals surface area contributed by atoms with Gasteiger partial charge in [-0.25, -0.2) is 9.79 Å². The van der Waals surface area contributed by atoms with E-state index in [2.05, 4.69) is 4.99 Å². The van der Waals surface area contributed by atoms with E-state index in [1.165, 1.54) is 24.3 Å². The number of esters is 1. The van der Waals surface area contributed by atoms with E-state index >= 15 is 0 Å². The van der Waals surface area contributed by atoms with Gasteiger partial charge in [-0.15, -0.1) is 0 Å². The Bertz CT molecular complexity index is 835. The van der Waals surface area contributed by atoms with E-state index in [0.29, 0.717) is 5.56 Å². The average molecular weight is 307 g/mol. The van der Waals surface area contributed by atoms with E-state index in [0.717, 1.165) is 5.56 Å². The predicted octanol–water partition coefficient (Wildman–Crippen LogP) is 3.11. The molecule has 1 aliphatic rings. The Morgan fingerprint density at radius 3 is 2.52 bits per heavy atom. The molecule has 1 heterocycles.